The fourth-order valence-electron chi connectivity index (χ4n) is 9.05. The zero-order chi connectivity index (χ0) is 40.7. The number of fused-ring (bicyclic) bond motifs is 5. The maximum absolute atomic E-state index is 12.8. The van der Waals surface area contributed by atoms with Crippen molar-refractivity contribution in [1.29, 1.82) is 0 Å². The van der Waals surface area contributed by atoms with Crippen molar-refractivity contribution < 1.29 is 19.1 Å². The van der Waals surface area contributed by atoms with Gasteiger partial charge in [-0.05, 0) is 108 Å². The summed E-state index contributed by atoms with van der Waals surface area (Å²) in [7, 11) is 0. The standard InChI is InChI=1S/C54H52N2O4/c57-51-27-7-3-1-5-17-41-19-9-10-20-42(41)18-6-2-4-8-28-52(58)60-38-40-31-35-44(36-32-40)56-50-26-16-15-25-49(50)55(43-33-29-39(30-34-43)37-59-51)53-47-23-13-11-21-45(47)46-22-12-14-24-48(46)54(53)56/h9-16,19-26,29-36H,1-8,17-18,27-28,37-38H2. The van der Waals surface area contributed by atoms with E-state index >= 15 is 0 Å². The molecule has 302 valence electrons. The average Bonchev–Trinajstić information content (AvgIpc) is 3.29. The van der Waals surface area contributed by atoms with Gasteiger partial charge in [-0.25, -0.2) is 0 Å². The van der Waals surface area contributed by atoms with E-state index in [0.717, 1.165) is 120 Å². The van der Waals surface area contributed by atoms with Crippen molar-refractivity contribution in [2.75, 3.05) is 9.80 Å². The summed E-state index contributed by atoms with van der Waals surface area (Å²) in [5.41, 5.74) is 11.1. The van der Waals surface area contributed by atoms with Crippen molar-refractivity contribution >= 4 is 67.6 Å². The summed E-state index contributed by atoms with van der Waals surface area (Å²) in [6.07, 6.45) is 11.1. The molecule has 0 spiro atoms. The molecule has 5 aliphatic heterocycles. The summed E-state index contributed by atoms with van der Waals surface area (Å²) in [5, 5.41) is 4.67. The first kappa shape index (κ1) is 39.1. The van der Waals surface area contributed by atoms with Gasteiger partial charge < -0.3 is 19.3 Å². The molecule has 0 saturated heterocycles. The summed E-state index contributed by atoms with van der Waals surface area (Å²) >= 11 is 0. The zero-order valence-electron chi connectivity index (χ0n) is 34.3. The van der Waals surface area contributed by atoms with Crippen molar-refractivity contribution in [2.24, 2.45) is 0 Å². The predicted molar refractivity (Wildman–Crippen MR) is 244 cm³/mol. The Balaban J connectivity index is 1.04. The molecule has 6 bridgehead atoms. The second kappa shape index (κ2) is 18.3. The third-order valence-electron chi connectivity index (χ3n) is 12.2. The number of carbonyl (C=O) groups is 2. The number of nitrogens with zero attached hydrogens (tertiary/aromatic N) is 2. The Bertz CT molecular complexity index is 2440. The van der Waals surface area contributed by atoms with E-state index < -0.39 is 0 Å². The smallest absolute Gasteiger partial charge is 0.306 e. The fraction of sp³-hybridized carbons (Fsp3) is 0.259. The first-order valence-electron chi connectivity index (χ1n) is 21.8. The Hall–Kier alpha value is -6.40. The van der Waals surface area contributed by atoms with Gasteiger partial charge in [0.1, 0.15) is 13.2 Å². The highest BCUT2D eigenvalue weighted by Gasteiger charge is 2.34. The number of esters is 2. The van der Waals surface area contributed by atoms with Gasteiger partial charge in [-0.3, -0.25) is 9.59 Å². The second-order valence-electron chi connectivity index (χ2n) is 16.2. The average molecular weight is 793 g/mol. The maximum Gasteiger partial charge on any atom is 0.306 e. The summed E-state index contributed by atoms with van der Waals surface area (Å²) in [6.45, 7) is 0.499. The molecule has 5 aliphatic rings. The Morgan fingerprint density at radius 1 is 0.350 bits per heavy atom. The van der Waals surface area contributed by atoms with Gasteiger partial charge in [0.25, 0.3) is 0 Å². The number of rotatable bonds is 0. The Morgan fingerprint density at radius 3 is 1.12 bits per heavy atom. The Morgan fingerprint density at radius 2 is 0.700 bits per heavy atom. The van der Waals surface area contributed by atoms with Crippen LogP contribution in [0.3, 0.4) is 0 Å². The van der Waals surface area contributed by atoms with Crippen molar-refractivity contribution in [2.45, 2.75) is 90.3 Å². The van der Waals surface area contributed by atoms with Crippen LogP contribution in [0.5, 0.6) is 0 Å². The lowest BCUT2D eigenvalue weighted by molar-refractivity contribution is -0.146. The normalized spacial score (nSPS) is 16.0. The third kappa shape index (κ3) is 8.37. The van der Waals surface area contributed by atoms with Crippen LogP contribution in [0.1, 0.15) is 86.5 Å². The number of para-hydroxylation sites is 2. The molecule has 7 aromatic carbocycles. The predicted octanol–water partition coefficient (Wildman–Crippen LogP) is 14.0. The van der Waals surface area contributed by atoms with E-state index in [2.05, 4.69) is 155 Å². The van der Waals surface area contributed by atoms with Gasteiger partial charge in [0.05, 0.1) is 22.7 Å². The van der Waals surface area contributed by atoms with Crippen LogP contribution in [0, 0.1) is 0 Å². The molecule has 12 rings (SSSR count). The molecule has 7 aromatic rings. The van der Waals surface area contributed by atoms with Gasteiger partial charge in [-0.15, -0.1) is 0 Å². The molecule has 0 aromatic heterocycles. The van der Waals surface area contributed by atoms with E-state index in [0.29, 0.717) is 12.8 Å². The lowest BCUT2D eigenvalue weighted by Crippen LogP contribution is -2.24. The fourth-order valence-corrected chi connectivity index (χ4v) is 9.05. The third-order valence-corrected chi connectivity index (χ3v) is 12.2. The van der Waals surface area contributed by atoms with Crippen LogP contribution in [0.4, 0.5) is 34.1 Å². The van der Waals surface area contributed by atoms with E-state index in [9.17, 15) is 9.59 Å². The number of benzene rings is 7. The van der Waals surface area contributed by atoms with Crippen LogP contribution in [0.15, 0.2) is 146 Å². The highest BCUT2D eigenvalue weighted by atomic mass is 16.5. The maximum atomic E-state index is 12.8. The molecule has 60 heavy (non-hydrogen) atoms. The molecule has 0 radical (unpaired) electrons. The van der Waals surface area contributed by atoms with Gasteiger partial charge in [-0.2, -0.15) is 0 Å². The molecule has 5 heterocycles. The van der Waals surface area contributed by atoms with E-state index in [1.807, 2.05) is 0 Å². The van der Waals surface area contributed by atoms with Gasteiger partial charge in [0.2, 0.25) is 0 Å². The Labute approximate surface area is 353 Å². The SMILES string of the molecule is O=C1CCCCCCc2ccccc2CCCCCCC(=O)OCc2ccc(cc2)N2c3ccccc3N(c3ccc(cc3)CO1)c1c2c2ccccc2c2ccccc12. The molecule has 0 aliphatic carbocycles. The summed E-state index contributed by atoms with van der Waals surface area (Å²) in [6, 6.07) is 51.5. The minimum Gasteiger partial charge on any atom is -0.461 e. The zero-order valence-corrected chi connectivity index (χ0v) is 34.3. The van der Waals surface area contributed by atoms with Crippen molar-refractivity contribution in [3.8, 4) is 0 Å². The Kier molecular flexibility index (Phi) is 11.9. The topological polar surface area (TPSA) is 59.1 Å². The lowest BCUT2D eigenvalue weighted by Gasteiger charge is -2.42. The summed E-state index contributed by atoms with van der Waals surface area (Å²) in [4.78, 5) is 30.4. The van der Waals surface area contributed by atoms with E-state index in [1.165, 1.54) is 21.9 Å². The number of carbonyl (C=O) groups excluding carboxylic acids is 2. The van der Waals surface area contributed by atoms with E-state index in [-0.39, 0.29) is 25.2 Å². The molecule has 0 fully saturated rings. The van der Waals surface area contributed by atoms with E-state index in [1.54, 1.807) is 0 Å². The number of ether oxygens (including phenoxy) is 2. The second-order valence-corrected chi connectivity index (χ2v) is 16.2. The molecular formula is C54H52N2O4. The van der Waals surface area contributed by atoms with E-state index in [4.69, 9.17) is 9.47 Å². The molecule has 6 heteroatoms. The minimum absolute atomic E-state index is 0.141. The highest BCUT2D eigenvalue weighted by molar-refractivity contribution is 6.25. The highest BCUT2D eigenvalue weighted by Crippen LogP contribution is 2.58. The lowest BCUT2D eigenvalue weighted by atomic mass is 9.93. The van der Waals surface area contributed by atoms with Crippen molar-refractivity contribution in [3.05, 3.63) is 168 Å². The summed E-state index contributed by atoms with van der Waals surface area (Å²) in [5.74, 6) is -0.282. The molecule has 0 N–H and O–H groups in total. The van der Waals surface area contributed by atoms with Gasteiger partial charge in [-0.1, -0.05) is 135 Å². The van der Waals surface area contributed by atoms with Gasteiger partial charge in [0.15, 0.2) is 0 Å². The molecule has 6 nitrogen and oxygen atoms in total. The van der Waals surface area contributed by atoms with Crippen LogP contribution in [-0.4, -0.2) is 11.9 Å². The van der Waals surface area contributed by atoms with Crippen LogP contribution in [0.25, 0.3) is 21.5 Å². The van der Waals surface area contributed by atoms with Gasteiger partial charge in [0, 0.05) is 35.0 Å². The molecule has 0 amide bonds. The van der Waals surface area contributed by atoms with Crippen molar-refractivity contribution in [1.82, 2.24) is 0 Å². The first-order chi connectivity index (χ1) is 29.6. The van der Waals surface area contributed by atoms with Crippen LogP contribution in [-0.2, 0) is 45.1 Å². The number of anilines is 6. The summed E-state index contributed by atoms with van der Waals surface area (Å²) < 4.78 is 11.6. The van der Waals surface area contributed by atoms with Crippen LogP contribution in [0.2, 0.25) is 0 Å². The number of hydrogen-bond donors (Lipinski definition) is 0. The quantitative estimate of drug-likeness (QED) is 0.113. The van der Waals surface area contributed by atoms with Crippen molar-refractivity contribution in [3.63, 3.8) is 0 Å². The molecular weight excluding hydrogens is 741 g/mol. The van der Waals surface area contributed by atoms with Gasteiger partial charge >= 0.3 is 11.9 Å². The first-order valence-corrected chi connectivity index (χ1v) is 21.8. The van der Waals surface area contributed by atoms with Crippen LogP contribution >= 0.6 is 0 Å². The monoisotopic (exact) mass is 792 g/mol. The minimum atomic E-state index is -0.141. The largest absolute Gasteiger partial charge is 0.461 e. The number of aryl methyl sites for hydroxylation is 2. The molecule has 0 unspecified atom stereocenters. The molecule has 0 atom stereocenters. The number of hydrogen-bond acceptors (Lipinski definition) is 6. The van der Waals surface area contributed by atoms with Crippen LogP contribution < -0.4 is 9.80 Å². The molecule has 0 saturated carbocycles.